The number of anilines is 1. The first-order valence-electron chi connectivity index (χ1n) is 16.9. The van der Waals surface area contributed by atoms with Gasteiger partial charge in [0.15, 0.2) is 12.0 Å². The molecule has 1 aliphatic heterocycles. The summed E-state index contributed by atoms with van der Waals surface area (Å²) < 4.78 is 22.0. The molecule has 4 atom stereocenters. The van der Waals surface area contributed by atoms with Gasteiger partial charge in [0.1, 0.15) is 24.8 Å². The van der Waals surface area contributed by atoms with Crippen LogP contribution < -0.4 is 11.1 Å². The smallest absolute Gasteiger partial charge is 0.185 e. The molecule has 5 rings (SSSR count). The average Bonchev–Trinajstić information content (AvgIpc) is 3.67. The zero-order chi connectivity index (χ0) is 33.0. The molecule has 45 heavy (non-hydrogen) atoms. The fourth-order valence-corrected chi connectivity index (χ4v) is 6.17. The van der Waals surface area contributed by atoms with Gasteiger partial charge in [-0.15, -0.1) is 0 Å². The van der Waals surface area contributed by atoms with Gasteiger partial charge in [0.05, 0.1) is 6.04 Å². The number of aldehydes is 3. The number of carbonyl (C=O) groups excluding carboxylic acids is 3. The van der Waals surface area contributed by atoms with Crippen molar-refractivity contribution < 1.29 is 27.9 Å². The number of nitrogens with two attached hydrogens (primary N) is 1. The maximum atomic E-state index is 11.9. The van der Waals surface area contributed by atoms with Gasteiger partial charge < -0.3 is 29.8 Å². The Balaban J connectivity index is 0.000000216. The van der Waals surface area contributed by atoms with E-state index in [1.165, 1.54) is 57.7 Å². The van der Waals surface area contributed by atoms with Gasteiger partial charge in [0.25, 0.3) is 0 Å². The Labute approximate surface area is 270 Å². The first kappa shape index (κ1) is 38.6. The van der Waals surface area contributed by atoms with Gasteiger partial charge in [-0.25, -0.2) is 4.39 Å². The first-order valence-corrected chi connectivity index (χ1v) is 16.9. The van der Waals surface area contributed by atoms with E-state index in [-0.39, 0.29) is 18.0 Å². The molecule has 3 aliphatic rings. The van der Waals surface area contributed by atoms with Gasteiger partial charge in [-0.1, -0.05) is 45.4 Å². The number of halogens is 1. The third kappa shape index (κ3) is 14.1. The molecule has 2 saturated carbocycles. The number of carbonyl (C=O) groups is 3. The van der Waals surface area contributed by atoms with Crippen LogP contribution in [0.2, 0.25) is 0 Å². The Kier molecular flexibility index (Phi) is 18.9. The average molecular weight is 632 g/mol. The number of nitrogens with zero attached hydrogens (tertiary/aromatic N) is 1. The lowest BCUT2D eigenvalue weighted by Gasteiger charge is -2.30. The molecule has 0 bridgehead atoms. The van der Waals surface area contributed by atoms with Crippen LogP contribution in [0.1, 0.15) is 94.5 Å². The zero-order valence-electron chi connectivity index (χ0n) is 28.1. The molecular formula is C36H58FN3O5. The summed E-state index contributed by atoms with van der Waals surface area (Å²) in [6, 6.07) is 7.29. The van der Waals surface area contributed by atoms with E-state index in [1.807, 2.05) is 32.2 Å². The second-order valence-corrected chi connectivity index (χ2v) is 12.8. The Bertz CT molecular complexity index is 1100. The minimum Gasteiger partial charge on any atom is -0.453 e. The summed E-state index contributed by atoms with van der Waals surface area (Å²) in [5.41, 5.74) is 7.12. The second kappa shape index (κ2) is 22.0. The van der Waals surface area contributed by atoms with Crippen molar-refractivity contribution in [1.82, 2.24) is 4.90 Å². The Hall–Kier alpha value is -2.62. The van der Waals surface area contributed by atoms with E-state index in [1.54, 1.807) is 13.2 Å². The molecule has 1 saturated heterocycles. The summed E-state index contributed by atoms with van der Waals surface area (Å²) in [4.78, 5) is 34.1. The van der Waals surface area contributed by atoms with Crippen molar-refractivity contribution in [2.75, 3.05) is 46.3 Å². The van der Waals surface area contributed by atoms with Crippen LogP contribution in [0.3, 0.4) is 0 Å². The number of benzene rings is 1. The predicted molar refractivity (Wildman–Crippen MR) is 181 cm³/mol. The number of hydrogen-bond donors (Lipinski definition) is 2. The zero-order valence-corrected chi connectivity index (χ0v) is 28.1. The molecular weight excluding hydrogens is 573 g/mol. The summed E-state index contributed by atoms with van der Waals surface area (Å²) in [6.45, 7) is 3.62. The SMILES string of the molecule is CCC(C=O)CCCC(N)CF.CN1CCC(C2CCCCC2)C1C=O.CNc1ccc2oc(C=O)cc2c1.COCC1CC1. The number of furan rings is 1. The number of hydrogen-bond acceptors (Lipinski definition) is 8. The van der Waals surface area contributed by atoms with Crippen LogP contribution in [-0.4, -0.2) is 76.9 Å². The number of nitrogens with one attached hydrogen (secondary N) is 1. The van der Waals surface area contributed by atoms with E-state index in [0.29, 0.717) is 24.4 Å². The van der Waals surface area contributed by atoms with Crippen LogP contribution in [0, 0.1) is 23.7 Å². The number of ether oxygens (including phenoxy) is 1. The predicted octanol–water partition coefficient (Wildman–Crippen LogP) is 7.09. The molecule has 3 fully saturated rings. The van der Waals surface area contributed by atoms with Crippen LogP contribution in [0.15, 0.2) is 28.7 Å². The molecule has 8 nitrogen and oxygen atoms in total. The maximum absolute atomic E-state index is 11.9. The van der Waals surface area contributed by atoms with E-state index in [2.05, 4.69) is 17.3 Å². The van der Waals surface area contributed by atoms with E-state index >= 15 is 0 Å². The lowest BCUT2D eigenvalue weighted by atomic mass is 9.77. The number of likely N-dealkylation sites (N-methyl/N-ethyl adjacent to an activating group) is 1. The first-order chi connectivity index (χ1) is 21.8. The van der Waals surface area contributed by atoms with Crippen LogP contribution in [0.5, 0.6) is 0 Å². The fraction of sp³-hybridized carbons (Fsp3) is 0.694. The van der Waals surface area contributed by atoms with Gasteiger partial charge in [-0.2, -0.15) is 0 Å². The normalized spacial score (nSPS) is 21.2. The molecule has 2 aromatic rings. The highest BCUT2D eigenvalue weighted by Crippen LogP contribution is 2.37. The summed E-state index contributed by atoms with van der Waals surface area (Å²) >= 11 is 0. The molecule has 0 radical (unpaired) electrons. The largest absolute Gasteiger partial charge is 0.453 e. The van der Waals surface area contributed by atoms with Crippen molar-refractivity contribution in [3.63, 3.8) is 0 Å². The lowest BCUT2D eigenvalue weighted by molar-refractivity contribution is -0.113. The molecule has 254 valence electrons. The molecule has 1 aromatic carbocycles. The molecule has 0 amide bonds. The van der Waals surface area contributed by atoms with Crippen LogP contribution in [0.25, 0.3) is 11.0 Å². The van der Waals surface area contributed by atoms with E-state index < -0.39 is 6.67 Å². The molecule has 2 heterocycles. The van der Waals surface area contributed by atoms with Crippen molar-refractivity contribution in [3.8, 4) is 0 Å². The standard InChI is InChI=1S/C12H21NO.C10H9NO2.C9H18FNO.C5H10O/c1-13-8-7-11(12(13)9-14)10-5-3-2-4-6-10;1-11-8-2-3-10-7(4-8)5-9(6-12)13-10;1-2-8(7-12)4-3-5-9(11)6-10;1-6-4-5-2-3-5/h9-12H,2-8H2,1H3;2-6,11H,1H3;7-9H,2-6,11H2,1H3;5H,2-4H2,1H3. The summed E-state index contributed by atoms with van der Waals surface area (Å²) in [5.74, 6) is 2.93. The highest BCUT2D eigenvalue weighted by atomic mass is 19.1. The van der Waals surface area contributed by atoms with Gasteiger partial charge >= 0.3 is 0 Å². The van der Waals surface area contributed by atoms with Crippen molar-refractivity contribution in [2.24, 2.45) is 29.4 Å². The topological polar surface area (TPSA) is 115 Å². The van der Waals surface area contributed by atoms with Crippen molar-refractivity contribution in [1.29, 1.82) is 0 Å². The summed E-state index contributed by atoms with van der Waals surface area (Å²) in [5, 5.41) is 3.96. The Morgan fingerprint density at radius 2 is 1.82 bits per heavy atom. The van der Waals surface area contributed by atoms with Crippen molar-refractivity contribution >= 4 is 35.5 Å². The number of alkyl halides is 1. The monoisotopic (exact) mass is 631 g/mol. The molecule has 2 aliphatic carbocycles. The van der Waals surface area contributed by atoms with Crippen molar-refractivity contribution in [3.05, 3.63) is 30.0 Å². The number of fused-ring (bicyclic) bond motifs is 1. The quantitative estimate of drug-likeness (QED) is 0.225. The van der Waals surface area contributed by atoms with Gasteiger partial charge in [-0.3, -0.25) is 9.69 Å². The summed E-state index contributed by atoms with van der Waals surface area (Å²) in [7, 11) is 5.70. The lowest BCUT2D eigenvalue weighted by Crippen LogP contribution is -2.34. The number of methoxy groups -OCH3 is 1. The van der Waals surface area contributed by atoms with Crippen LogP contribution in [-0.2, 0) is 14.3 Å². The van der Waals surface area contributed by atoms with E-state index in [9.17, 15) is 18.8 Å². The minimum absolute atomic E-state index is 0.136. The van der Waals surface area contributed by atoms with Crippen LogP contribution >= 0.6 is 0 Å². The molecule has 9 heteroatoms. The maximum Gasteiger partial charge on any atom is 0.185 e. The minimum atomic E-state index is -0.460. The van der Waals surface area contributed by atoms with E-state index in [0.717, 1.165) is 67.2 Å². The molecule has 3 N–H and O–H groups in total. The molecule has 4 unspecified atom stereocenters. The number of rotatable bonds is 13. The van der Waals surface area contributed by atoms with Gasteiger partial charge in [0, 0.05) is 43.8 Å². The fourth-order valence-electron chi connectivity index (χ4n) is 6.17. The number of likely N-dealkylation sites (tertiary alicyclic amines) is 1. The highest BCUT2D eigenvalue weighted by Gasteiger charge is 2.37. The highest BCUT2D eigenvalue weighted by molar-refractivity contribution is 5.87. The second-order valence-electron chi connectivity index (χ2n) is 12.8. The van der Waals surface area contributed by atoms with E-state index in [4.69, 9.17) is 14.9 Å². The Morgan fingerprint density at radius 3 is 2.36 bits per heavy atom. The third-order valence-corrected chi connectivity index (χ3v) is 9.26. The Morgan fingerprint density at radius 1 is 1.09 bits per heavy atom. The van der Waals surface area contributed by atoms with Crippen molar-refractivity contribution in [2.45, 2.75) is 96.1 Å². The van der Waals surface area contributed by atoms with Gasteiger partial charge in [0.2, 0.25) is 0 Å². The summed E-state index contributed by atoms with van der Waals surface area (Å²) in [6.07, 6.45) is 17.0. The molecule has 0 spiro atoms. The third-order valence-electron chi connectivity index (χ3n) is 9.26. The molecule has 1 aromatic heterocycles. The van der Waals surface area contributed by atoms with Crippen LogP contribution in [0.4, 0.5) is 10.1 Å². The van der Waals surface area contributed by atoms with Gasteiger partial charge in [-0.05, 0) is 94.1 Å².